The molecule has 8 aliphatic carbocycles. The zero-order valence-electron chi connectivity index (χ0n) is 46.0. The number of benzene rings is 1. The van der Waals surface area contributed by atoms with Crippen molar-refractivity contribution in [1.82, 2.24) is 0 Å². The minimum absolute atomic E-state index is 0.0875. The molecule has 6 fully saturated rings. The molecule has 0 heterocycles. The largest absolute Gasteiger partial charge is 0.482 e. The molecule has 6 saturated carbocycles. The van der Waals surface area contributed by atoms with Crippen LogP contribution in [0.15, 0.2) is 47.6 Å². The molecular formula is C64H98O6. The standard InChI is InChI=1S/C64H98O6/c1-41(2)13-11-15-43(5)53-25-27-55-51-23-17-45-37-49(29-33-61(45,7)57(51)31-35-63(53,55)9)69-59(65)39-67-47-19-21-48(22-20-47)68-40-60(66)70-50-30-34-62(8)46(38-50)18-24-52-56-28-26-54(44(6)16-12-14-42(3)4)64(56,10)36-32-58(52)62/h17-22,41-44,49-58H,11-16,23-40H2,1-10H3/t43-,44-,49+,50+,51+,52+,53-,54-,55+,56+,57+,58+,61+,62+,63-,64-/m1/s1. The van der Waals surface area contributed by atoms with Crippen LogP contribution in [-0.2, 0) is 19.1 Å². The van der Waals surface area contributed by atoms with Crippen LogP contribution >= 0.6 is 0 Å². The van der Waals surface area contributed by atoms with Crippen molar-refractivity contribution in [3.63, 3.8) is 0 Å². The first-order valence-corrected chi connectivity index (χ1v) is 29.5. The maximum atomic E-state index is 13.1. The monoisotopic (exact) mass is 963 g/mol. The Labute approximate surface area is 426 Å². The Bertz CT molecular complexity index is 1890. The van der Waals surface area contributed by atoms with Crippen LogP contribution in [0.2, 0.25) is 0 Å². The van der Waals surface area contributed by atoms with E-state index in [9.17, 15) is 9.59 Å². The van der Waals surface area contributed by atoms with Gasteiger partial charge in [-0.15, -0.1) is 0 Å². The normalized spacial score (nSPS) is 39.5. The molecule has 0 N–H and O–H groups in total. The first kappa shape index (κ1) is 52.1. The first-order valence-electron chi connectivity index (χ1n) is 29.5. The van der Waals surface area contributed by atoms with Gasteiger partial charge in [-0.25, -0.2) is 9.59 Å². The van der Waals surface area contributed by atoms with Crippen LogP contribution in [0.25, 0.3) is 0 Å². The second-order valence-electron chi connectivity index (χ2n) is 27.3. The maximum absolute atomic E-state index is 13.1. The van der Waals surface area contributed by atoms with E-state index in [1.165, 1.54) is 103 Å². The molecule has 9 rings (SSSR count). The molecule has 0 saturated heterocycles. The highest BCUT2D eigenvalue weighted by Gasteiger charge is 2.61. The van der Waals surface area contributed by atoms with Crippen molar-refractivity contribution < 1.29 is 28.5 Å². The molecule has 0 radical (unpaired) electrons. The number of hydrogen-bond acceptors (Lipinski definition) is 6. The van der Waals surface area contributed by atoms with E-state index >= 15 is 0 Å². The van der Waals surface area contributed by atoms with Gasteiger partial charge in [-0.3, -0.25) is 0 Å². The Hall–Kier alpha value is -2.76. The van der Waals surface area contributed by atoms with Gasteiger partial charge < -0.3 is 18.9 Å². The molecule has 16 atom stereocenters. The first-order chi connectivity index (χ1) is 33.4. The fraction of sp³-hybridized carbons (Fsp3) is 0.812. The molecule has 0 bridgehead atoms. The summed E-state index contributed by atoms with van der Waals surface area (Å²) in [6.07, 6.45) is 32.6. The Balaban J connectivity index is 0.691. The van der Waals surface area contributed by atoms with Crippen LogP contribution in [0.4, 0.5) is 0 Å². The molecule has 6 nitrogen and oxygen atoms in total. The molecule has 390 valence electrons. The molecule has 0 unspecified atom stereocenters. The van der Waals surface area contributed by atoms with Gasteiger partial charge in [0.15, 0.2) is 13.2 Å². The van der Waals surface area contributed by atoms with E-state index in [1.54, 1.807) is 35.4 Å². The van der Waals surface area contributed by atoms with Gasteiger partial charge in [-0.2, -0.15) is 0 Å². The zero-order chi connectivity index (χ0) is 49.6. The minimum Gasteiger partial charge on any atom is -0.482 e. The number of carbonyl (C=O) groups is 2. The quantitative estimate of drug-likeness (QED) is 0.108. The summed E-state index contributed by atoms with van der Waals surface area (Å²) in [7, 11) is 0. The van der Waals surface area contributed by atoms with Crippen LogP contribution in [0.5, 0.6) is 11.5 Å². The molecule has 0 spiro atoms. The van der Waals surface area contributed by atoms with Gasteiger partial charge in [0.1, 0.15) is 23.7 Å². The van der Waals surface area contributed by atoms with Gasteiger partial charge in [0.2, 0.25) is 0 Å². The van der Waals surface area contributed by atoms with E-state index in [-0.39, 0.29) is 48.2 Å². The fourth-order valence-electron chi connectivity index (χ4n) is 18.9. The Morgan fingerprint density at radius 1 is 0.514 bits per heavy atom. The average Bonchev–Trinajstić information content (AvgIpc) is 3.87. The molecule has 0 aromatic heterocycles. The Morgan fingerprint density at radius 2 is 0.914 bits per heavy atom. The maximum Gasteiger partial charge on any atom is 0.344 e. The number of ether oxygens (including phenoxy) is 4. The molecule has 1 aromatic rings. The summed E-state index contributed by atoms with van der Waals surface area (Å²) >= 11 is 0. The number of hydrogen-bond donors (Lipinski definition) is 0. The van der Waals surface area contributed by atoms with Crippen LogP contribution < -0.4 is 9.47 Å². The van der Waals surface area contributed by atoms with Gasteiger partial charge in [-0.1, -0.05) is 131 Å². The van der Waals surface area contributed by atoms with Crippen molar-refractivity contribution in [2.75, 3.05) is 13.2 Å². The second kappa shape index (κ2) is 21.2. The molecule has 1 aromatic carbocycles. The van der Waals surface area contributed by atoms with Crippen molar-refractivity contribution in [3.8, 4) is 11.5 Å². The summed E-state index contributed by atoms with van der Waals surface area (Å²) < 4.78 is 24.0. The second-order valence-corrected chi connectivity index (χ2v) is 27.3. The van der Waals surface area contributed by atoms with Gasteiger partial charge in [0.05, 0.1) is 0 Å². The van der Waals surface area contributed by atoms with E-state index in [2.05, 4.69) is 81.4 Å². The van der Waals surface area contributed by atoms with Gasteiger partial charge in [-0.05, 0) is 207 Å². The molecular weight excluding hydrogens is 865 g/mol. The number of carbonyl (C=O) groups excluding carboxylic acids is 2. The lowest BCUT2D eigenvalue weighted by Gasteiger charge is -2.58. The summed E-state index contributed by atoms with van der Waals surface area (Å²) in [5.74, 6) is 10.4. The highest BCUT2D eigenvalue weighted by Crippen LogP contribution is 2.69. The highest BCUT2D eigenvalue weighted by atomic mass is 16.6. The van der Waals surface area contributed by atoms with Gasteiger partial charge >= 0.3 is 11.9 Å². The van der Waals surface area contributed by atoms with Crippen molar-refractivity contribution >= 4 is 11.9 Å². The summed E-state index contributed by atoms with van der Waals surface area (Å²) in [4.78, 5) is 26.3. The van der Waals surface area contributed by atoms with E-state index in [1.807, 2.05) is 0 Å². The Morgan fingerprint density at radius 3 is 1.30 bits per heavy atom. The van der Waals surface area contributed by atoms with E-state index in [4.69, 9.17) is 18.9 Å². The van der Waals surface area contributed by atoms with Gasteiger partial charge in [0, 0.05) is 12.8 Å². The zero-order valence-corrected chi connectivity index (χ0v) is 46.0. The third kappa shape index (κ3) is 10.4. The van der Waals surface area contributed by atoms with Crippen molar-refractivity contribution in [3.05, 3.63) is 47.6 Å². The SMILES string of the molecule is CC(C)CCC[C@@H](C)[C@H]1CC[C@H]2[C@@H]3CC=C4C[C@@H](OC(=O)COc5ccc(OCC(=O)O[C@H]6CC[C@@]7(C)C(=CC[C@H]8[C@@H]9CC[C@H]([C@H](C)CCCC(C)C)[C@@]9(C)CC[C@@H]87)C6)cc5)CC[C@]4(C)[C@H]3CC[C@]12C. The van der Waals surface area contributed by atoms with Crippen LogP contribution in [-0.4, -0.2) is 37.4 Å². The molecule has 8 aliphatic rings. The van der Waals surface area contributed by atoms with E-state index in [0.29, 0.717) is 22.3 Å². The highest BCUT2D eigenvalue weighted by molar-refractivity contribution is 5.72. The lowest BCUT2D eigenvalue weighted by atomic mass is 9.47. The summed E-state index contributed by atoms with van der Waals surface area (Å²) in [5, 5.41) is 0. The topological polar surface area (TPSA) is 71.1 Å². The van der Waals surface area contributed by atoms with Gasteiger partial charge in [0.25, 0.3) is 0 Å². The van der Waals surface area contributed by atoms with Crippen molar-refractivity contribution in [1.29, 1.82) is 0 Å². The molecule has 0 aliphatic heterocycles. The smallest absolute Gasteiger partial charge is 0.344 e. The molecule has 0 amide bonds. The Kier molecular flexibility index (Phi) is 15.8. The minimum atomic E-state index is -0.313. The number of esters is 2. The summed E-state index contributed by atoms with van der Waals surface area (Å²) in [5.41, 5.74) is 4.52. The number of rotatable bonds is 18. The molecule has 6 heteroatoms. The van der Waals surface area contributed by atoms with E-state index in [0.717, 1.165) is 110 Å². The van der Waals surface area contributed by atoms with Crippen molar-refractivity contribution in [2.45, 2.75) is 223 Å². The lowest BCUT2D eigenvalue weighted by molar-refractivity contribution is -0.154. The lowest BCUT2D eigenvalue weighted by Crippen LogP contribution is -2.51. The fourth-order valence-corrected chi connectivity index (χ4v) is 18.9. The number of allylic oxidation sites excluding steroid dienone is 2. The third-order valence-corrected chi connectivity index (χ3v) is 22.7. The van der Waals surface area contributed by atoms with Crippen LogP contribution in [0.3, 0.4) is 0 Å². The summed E-state index contributed by atoms with van der Waals surface area (Å²) in [6, 6.07) is 7.16. The van der Waals surface area contributed by atoms with E-state index < -0.39 is 0 Å². The molecule has 70 heavy (non-hydrogen) atoms. The predicted molar refractivity (Wildman–Crippen MR) is 283 cm³/mol. The number of fused-ring (bicyclic) bond motifs is 10. The van der Waals surface area contributed by atoms with Crippen LogP contribution in [0.1, 0.15) is 210 Å². The average molecular weight is 963 g/mol. The predicted octanol–water partition coefficient (Wildman–Crippen LogP) is 16.4. The third-order valence-electron chi connectivity index (χ3n) is 22.7. The summed E-state index contributed by atoms with van der Waals surface area (Å²) in [6.45, 7) is 24.8. The van der Waals surface area contributed by atoms with Crippen LogP contribution in [0, 0.1) is 92.7 Å². The van der Waals surface area contributed by atoms with Crippen molar-refractivity contribution in [2.24, 2.45) is 92.7 Å².